The van der Waals surface area contributed by atoms with Crippen molar-refractivity contribution in [2.75, 3.05) is 20.2 Å². The molecule has 1 amide bonds. The Morgan fingerprint density at radius 1 is 1.07 bits per heavy atom. The standard InChI is InChI=1S/C33H32ClN3O4S/c1-5-36(6-2)32(39)29-21(3)35-33-37(30(29)26-12-7-8-13-27(26)40-4)31(38)28(42-33)19-22-14-16-25(17-15-22)41-20-23-10-9-11-24(34)18-23/h7-19,30H,5-6,20H2,1-4H3/b28-19+/t30-/m1/s1. The summed E-state index contributed by atoms with van der Waals surface area (Å²) in [6.45, 7) is 7.21. The molecule has 216 valence electrons. The second kappa shape index (κ2) is 12.8. The molecule has 0 spiro atoms. The maximum atomic E-state index is 14.0. The Kier molecular flexibility index (Phi) is 8.94. The van der Waals surface area contributed by atoms with Crippen molar-refractivity contribution in [2.45, 2.75) is 33.4 Å². The summed E-state index contributed by atoms with van der Waals surface area (Å²) in [7, 11) is 1.59. The topological polar surface area (TPSA) is 73.1 Å². The Morgan fingerprint density at radius 3 is 2.50 bits per heavy atom. The zero-order valence-electron chi connectivity index (χ0n) is 24.0. The van der Waals surface area contributed by atoms with Crippen LogP contribution >= 0.6 is 22.9 Å². The van der Waals surface area contributed by atoms with Gasteiger partial charge in [0.15, 0.2) is 4.80 Å². The quantitative estimate of drug-likeness (QED) is 0.259. The van der Waals surface area contributed by atoms with Gasteiger partial charge in [-0.15, -0.1) is 0 Å². The Labute approximate surface area is 253 Å². The van der Waals surface area contributed by atoms with Crippen molar-refractivity contribution >= 4 is 34.9 Å². The van der Waals surface area contributed by atoms with E-state index in [0.717, 1.165) is 16.7 Å². The molecule has 42 heavy (non-hydrogen) atoms. The lowest BCUT2D eigenvalue weighted by molar-refractivity contribution is -0.127. The van der Waals surface area contributed by atoms with Crippen molar-refractivity contribution in [3.63, 3.8) is 0 Å². The number of aromatic nitrogens is 1. The van der Waals surface area contributed by atoms with Crippen LogP contribution in [0.2, 0.25) is 5.02 Å². The van der Waals surface area contributed by atoms with Crippen LogP contribution in [0.1, 0.15) is 43.5 Å². The highest BCUT2D eigenvalue weighted by Gasteiger charge is 2.35. The third kappa shape index (κ3) is 5.91. The highest BCUT2D eigenvalue weighted by Crippen LogP contribution is 2.36. The number of fused-ring (bicyclic) bond motifs is 1. The molecule has 3 aromatic carbocycles. The SMILES string of the molecule is CCN(CC)C(=O)C1=C(C)N=c2s/c(=C/c3ccc(OCc4cccc(Cl)c4)cc3)c(=O)n2[C@@H]1c1ccccc1OC. The molecule has 9 heteroatoms. The van der Waals surface area contributed by atoms with Crippen LogP contribution in [0, 0.1) is 0 Å². The first-order valence-electron chi connectivity index (χ1n) is 13.8. The van der Waals surface area contributed by atoms with Crippen LogP contribution in [0.3, 0.4) is 0 Å². The third-order valence-electron chi connectivity index (χ3n) is 7.21. The summed E-state index contributed by atoms with van der Waals surface area (Å²) in [4.78, 5) is 34.8. The van der Waals surface area contributed by atoms with E-state index in [-0.39, 0.29) is 11.5 Å². The zero-order chi connectivity index (χ0) is 29.8. The molecular formula is C33H32ClN3O4S. The van der Waals surface area contributed by atoms with E-state index in [9.17, 15) is 9.59 Å². The lowest BCUT2D eigenvalue weighted by Gasteiger charge is -2.29. The molecule has 2 heterocycles. The second-order valence-electron chi connectivity index (χ2n) is 9.79. The first-order chi connectivity index (χ1) is 20.3. The first-order valence-corrected chi connectivity index (χ1v) is 15.0. The summed E-state index contributed by atoms with van der Waals surface area (Å²) in [5.41, 5.74) is 3.41. The summed E-state index contributed by atoms with van der Waals surface area (Å²) in [6, 6.07) is 21.9. The smallest absolute Gasteiger partial charge is 0.271 e. The van der Waals surface area contributed by atoms with E-state index in [1.165, 1.54) is 11.3 Å². The van der Waals surface area contributed by atoms with Gasteiger partial charge in [-0.3, -0.25) is 14.2 Å². The molecule has 0 radical (unpaired) electrons. The van der Waals surface area contributed by atoms with Crippen molar-refractivity contribution < 1.29 is 14.3 Å². The number of halogens is 1. The summed E-state index contributed by atoms with van der Waals surface area (Å²) < 4.78 is 13.7. The average molecular weight is 602 g/mol. The van der Waals surface area contributed by atoms with E-state index < -0.39 is 6.04 Å². The molecule has 4 aromatic rings. The van der Waals surface area contributed by atoms with Gasteiger partial charge in [-0.1, -0.05) is 65.4 Å². The molecule has 0 saturated carbocycles. The van der Waals surface area contributed by atoms with Gasteiger partial charge in [0.1, 0.15) is 24.1 Å². The van der Waals surface area contributed by atoms with Gasteiger partial charge in [-0.2, -0.15) is 0 Å². The van der Waals surface area contributed by atoms with Crippen molar-refractivity contribution in [1.29, 1.82) is 0 Å². The summed E-state index contributed by atoms with van der Waals surface area (Å²) >= 11 is 7.38. The number of carbonyl (C=O) groups is 1. The number of para-hydroxylation sites is 1. The van der Waals surface area contributed by atoms with Crippen LogP contribution in [0.15, 0.2) is 93.9 Å². The molecule has 0 aliphatic carbocycles. The van der Waals surface area contributed by atoms with Gasteiger partial charge in [0.2, 0.25) is 0 Å². The van der Waals surface area contributed by atoms with Gasteiger partial charge in [-0.25, -0.2) is 4.99 Å². The molecule has 0 fully saturated rings. The number of likely N-dealkylation sites (N-methyl/N-ethyl adjacent to an activating group) is 1. The first kappa shape index (κ1) is 29.4. The maximum absolute atomic E-state index is 14.0. The van der Waals surface area contributed by atoms with Crippen LogP contribution < -0.4 is 24.4 Å². The number of hydrogen-bond donors (Lipinski definition) is 0. The van der Waals surface area contributed by atoms with Gasteiger partial charge in [-0.05, 0) is 68.3 Å². The molecule has 7 nitrogen and oxygen atoms in total. The largest absolute Gasteiger partial charge is 0.496 e. The molecule has 1 aromatic heterocycles. The lowest BCUT2D eigenvalue weighted by Crippen LogP contribution is -2.43. The number of benzene rings is 3. The number of rotatable bonds is 9. The molecule has 1 aliphatic heterocycles. The van der Waals surface area contributed by atoms with Gasteiger partial charge in [0.25, 0.3) is 11.5 Å². The number of ether oxygens (including phenoxy) is 2. The molecule has 0 unspecified atom stereocenters. The minimum absolute atomic E-state index is 0.139. The molecule has 5 rings (SSSR count). The highest BCUT2D eigenvalue weighted by molar-refractivity contribution is 7.07. The monoisotopic (exact) mass is 601 g/mol. The van der Waals surface area contributed by atoms with E-state index in [4.69, 9.17) is 26.1 Å². The fourth-order valence-electron chi connectivity index (χ4n) is 5.07. The Bertz CT molecular complexity index is 1820. The minimum atomic E-state index is -0.671. The van der Waals surface area contributed by atoms with Crippen molar-refractivity contribution in [3.05, 3.63) is 125 Å². The Hall–Kier alpha value is -4.14. The van der Waals surface area contributed by atoms with Crippen LogP contribution in [-0.4, -0.2) is 35.6 Å². The lowest BCUT2D eigenvalue weighted by atomic mass is 9.94. The Balaban J connectivity index is 1.54. The molecule has 1 atom stereocenters. The highest BCUT2D eigenvalue weighted by atomic mass is 35.5. The fourth-order valence-corrected chi connectivity index (χ4v) is 6.33. The summed E-state index contributed by atoms with van der Waals surface area (Å²) in [6.07, 6.45) is 1.84. The number of nitrogens with zero attached hydrogens (tertiary/aromatic N) is 3. The van der Waals surface area contributed by atoms with Gasteiger partial charge in [0.05, 0.1) is 22.9 Å². The number of methoxy groups -OCH3 is 1. The van der Waals surface area contributed by atoms with Crippen molar-refractivity contribution in [2.24, 2.45) is 4.99 Å². The molecule has 0 bridgehead atoms. The fraction of sp³-hybridized carbons (Fsp3) is 0.242. The van der Waals surface area contributed by atoms with Crippen LogP contribution in [0.25, 0.3) is 6.08 Å². The van der Waals surface area contributed by atoms with Crippen LogP contribution in [0.5, 0.6) is 11.5 Å². The zero-order valence-corrected chi connectivity index (χ0v) is 25.5. The molecular weight excluding hydrogens is 570 g/mol. The van der Waals surface area contributed by atoms with Gasteiger partial charge < -0.3 is 14.4 Å². The van der Waals surface area contributed by atoms with Gasteiger partial charge >= 0.3 is 0 Å². The van der Waals surface area contributed by atoms with E-state index in [1.807, 2.05) is 99.6 Å². The van der Waals surface area contributed by atoms with E-state index in [1.54, 1.807) is 16.6 Å². The van der Waals surface area contributed by atoms with E-state index in [0.29, 0.717) is 56.8 Å². The number of allylic oxidation sites excluding steroid dienone is 1. The second-order valence-corrected chi connectivity index (χ2v) is 11.2. The predicted octanol–water partition coefficient (Wildman–Crippen LogP) is 5.34. The number of carbonyl (C=O) groups excluding carboxylic acids is 1. The number of thiazole rings is 1. The van der Waals surface area contributed by atoms with Crippen molar-refractivity contribution in [1.82, 2.24) is 9.47 Å². The molecule has 0 saturated heterocycles. The van der Waals surface area contributed by atoms with Crippen LogP contribution in [0.4, 0.5) is 0 Å². The average Bonchev–Trinajstić information content (AvgIpc) is 3.30. The predicted molar refractivity (Wildman–Crippen MR) is 167 cm³/mol. The van der Waals surface area contributed by atoms with Gasteiger partial charge in [0, 0.05) is 23.7 Å². The molecule has 0 N–H and O–H groups in total. The van der Waals surface area contributed by atoms with E-state index >= 15 is 0 Å². The van der Waals surface area contributed by atoms with E-state index in [2.05, 4.69) is 0 Å². The normalized spacial score (nSPS) is 14.8. The Morgan fingerprint density at radius 2 is 1.81 bits per heavy atom. The maximum Gasteiger partial charge on any atom is 0.271 e. The summed E-state index contributed by atoms with van der Waals surface area (Å²) in [5, 5.41) is 0.667. The number of hydrogen-bond acceptors (Lipinski definition) is 6. The summed E-state index contributed by atoms with van der Waals surface area (Å²) in [5.74, 6) is 1.17. The third-order valence-corrected chi connectivity index (χ3v) is 8.43. The van der Waals surface area contributed by atoms with Crippen molar-refractivity contribution in [3.8, 4) is 11.5 Å². The van der Waals surface area contributed by atoms with Crippen LogP contribution in [-0.2, 0) is 11.4 Å². The molecule has 1 aliphatic rings. The minimum Gasteiger partial charge on any atom is -0.496 e. The number of amides is 1.